The second kappa shape index (κ2) is 7.35. The van der Waals surface area contributed by atoms with Crippen LogP contribution in [0.25, 0.3) is 0 Å². The molecule has 5 nitrogen and oxygen atoms in total. The Hall–Kier alpha value is -1.95. The third-order valence-corrected chi connectivity index (χ3v) is 3.84. The van der Waals surface area contributed by atoms with E-state index < -0.39 is 5.60 Å². The van der Waals surface area contributed by atoms with E-state index in [0.717, 1.165) is 12.8 Å². The minimum atomic E-state index is -1.24. The molecule has 0 radical (unpaired) electrons. The summed E-state index contributed by atoms with van der Waals surface area (Å²) in [4.78, 5) is 23.5. The molecule has 2 amide bonds. The second-order valence-electron chi connectivity index (χ2n) is 5.65. The predicted octanol–water partition coefficient (Wildman–Crippen LogP) is 0.906. The third-order valence-electron chi connectivity index (χ3n) is 3.84. The molecule has 1 fully saturated rings. The molecule has 0 aromatic heterocycles. The molecule has 1 aromatic carbocycles. The van der Waals surface area contributed by atoms with E-state index in [-0.39, 0.29) is 37.1 Å². The second-order valence-corrected chi connectivity index (χ2v) is 5.65. The summed E-state index contributed by atoms with van der Waals surface area (Å²) in [5.74, 6) is -0.980. The van der Waals surface area contributed by atoms with Crippen molar-refractivity contribution in [1.82, 2.24) is 10.6 Å². The molecule has 0 saturated heterocycles. The van der Waals surface area contributed by atoms with E-state index in [1.165, 1.54) is 12.1 Å². The number of aliphatic hydroxyl groups is 1. The normalized spacial score (nSPS) is 16.3. The highest BCUT2D eigenvalue weighted by atomic mass is 19.1. The number of carbonyl (C=O) groups is 2. The molecule has 1 aromatic rings. The summed E-state index contributed by atoms with van der Waals surface area (Å²) in [7, 11) is 0. The van der Waals surface area contributed by atoms with Crippen molar-refractivity contribution in [3.05, 3.63) is 35.6 Å². The number of nitrogens with one attached hydrogen (secondary N) is 2. The van der Waals surface area contributed by atoms with Gasteiger partial charge in [-0.15, -0.1) is 0 Å². The van der Waals surface area contributed by atoms with Crippen LogP contribution < -0.4 is 10.6 Å². The van der Waals surface area contributed by atoms with Gasteiger partial charge < -0.3 is 15.7 Å². The standard InChI is InChI=1S/C16H21FN2O3/c17-13-5-3-4-12(10-13)11-14(20)18-8-9-19-15(21)16(22)6-1-2-7-16/h3-5,10,22H,1-2,6-9,11H2,(H,18,20)(H,19,21). The fourth-order valence-corrected chi connectivity index (χ4v) is 2.62. The Morgan fingerprint density at radius 3 is 2.55 bits per heavy atom. The molecule has 3 N–H and O–H groups in total. The summed E-state index contributed by atoms with van der Waals surface area (Å²) in [6, 6.07) is 5.88. The molecule has 22 heavy (non-hydrogen) atoms. The largest absolute Gasteiger partial charge is 0.380 e. The fraction of sp³-hybridized carbons (Fsp3) is 0.500. The van der Waals surface area contributed by atoms with E-state index in [4.69, 9.17) is 0 Å². The maximum atomic E-state index is 13.0. The monoisotopic (exact) mass is 308 g/mol. The van der Waals surface area contributed by atoms with E-state index in [0.29, 0.717) is 18.4 Å². The van der Waals surface area contributed by atoms with Crippen molar-refractivity contribution in [3.8, 4) is 0 Å². The van der Waals surface area contributed by atoms with Crippen molar-refractivity contribution >= 4 is 11.8 Å². The van der Waals surface area contributed by atoms with Crippen LogP contribution in [-0.4, -0.2) is 35.6 Å². The summed E-state index contributed by atoms with van der Waals surface area (Å²) in [5, 5.41) is 15.3. The van der Waals surface area contributed by atoms with Gasteiger partial charge in [0, 0.05) is 13.1 Å². The molecule has 1 aliphatic rings. The van der Waals surface area contributed by atoms with Crippen LogP contribution in [-0.2, 0) is 16.0 Å². The molecule has 2 rings (SSSR count). The lowest BCUT2D eigenvalue weighted by atomic mass is 10.0. The molecule has 0 heterocycles. The van der Waals surface area contributed by atoms with Crippen LogP contribution in [0.15, 0.2) is 24.3 Å². The molecular formula is C16H21FN2O3. The van der Waals surface area contributed by atoms with Crippen LogP contribution >= 0.6 is 0 Å². The van der Waals surface area contributed by atoms with Crippen LogP contribution in [0.5, 0.6) is 0 Å². The van der Waals surface area contributed by atoms with Gasteiger partial charge in [0.1, 0.15) is 11.4 Å². The highest BCUT2D eigenvalue weighted by molar-refractivity contribution is 5.85. The smallest absolute Gasteiger partial charge is 0.252 e. The molecule has 0 unspecified atom stereocenters. The molecule has 1 aliphatic carbocycles. The molecule has 0 aliphatic heterocycles. The highest BCUT2D eigenvalue weighted by Gasteiger charge is 2.38. The van der Waals surface area contributed by atoms with Crippen molar-refractivity contribution in [2.45, 2.75) is 37.7 Å². The van der Waals surface area contributed by atoms with Gasteiger partial charge in [-0.05, 0) is 43.4 Å². The highest BCUT2D eigenvalue weighted by Crippen LogP contribution is 2.29. The van der Waals surface area contributed by atoms with Gasteiger partial charge in [-0.25, -0.2) is 4.39 Å². The summed E-state index contributed by atoms with van der Waals surface area (Å²) in [6.45, 7) is 0.534. The van der Waals surface area contributed by atoms with Crippen molar-refractivity contribution in [3.63, 3.8) is 0 Å². The Labute approximate surface area is 128 Å². The topological polar surface area (TPSA) is 78.4 Å². The number of hydrogen-bond donors (Lipinski definition) is 3. The molecule has 0 spiro atoms. The SMILES string of the molecule is O=C(Cc1cccc(F)c1)NCCNC(=O)C1(O)CCCC1. The first-order valence-electron chi connectivity index (χ1n) is 7.51. The Bertz CT molecular complexity index is 542. The van der Waals surface area contributed by atoms with Crippen LogP contribution in [0.3, 0.4) is 0 Å². The van der Waals surface area contributed by atoms with Gasteiger partial charge in [-0.1, -0.05) is 12.1 Å². The Kier molecular flexibility index (Phi) is 5.49. The fourth-order valence-electron chi connectivity index (χ4n) is 2.62. The van der Waals surface area contributed by atoms with E-state index in [1.54, 1.807) is 12.1 Å². The van der Waals surface area contributed by atoms with Gasteiger partial charge in [0.05, 0.1) is 6.42 Å². The number of hydrogen-bond acceptors (Lipinski definition) is 3. The summed E-state index contributed by atoms with van der Waals surface area (Å²) in [6.07, 6.45) is 2.79. The zero-order valence-corrected chi connectivity index (χ0v) is 12.4. The van der Waals surface area contributed by atoms with Gasteiger partial charge in [-0.2, -0.15) is 0 Å². The van der Waals surface area contributed by atoms with Crippen LogP contribution in [0.1, 0.15) is 31.2 Å². The van der Waals surface area contributed by atoms with Crippen LogP contribution in [0.4, 0.5) is 4.39 Å². The lowest BCUT2D eigenvalue weighted by molar-refractivity contribution is -0.139. The number of benzene rings is 1. The van der Waals surface area contributed by atoms with Gasteiger partial charge in [0.25, 0.3) is 5.91 Å². The van der Waals surface area contributed by atoms with Crippen molar-refractivity contribution < 1.29 is 19.1 Å². The maximum absolute atomic E-state index is 13.0. The first-order chi connectivity index (χ1) is 10.5. The average molecular weight is 308 g/mol. The van der Waals surface area contributed by atoms with E-state index in [9.17, 15) is 19.1 Å². The molecule has 1 saturated carbocycles. The van der Waals surface area contributed by atoms with Gasteiger partial charge in [0.2, 0.25) is 5.91 Å². The molecule has 6 heteroatoms. The van der Waals surface area contributed by atoms with E-state index in [2.05, 4.69) is 10.6 Å². The lowest BCUT2D eigenvalue weighted by Crippen LogP contribution is -2.47. The molecule has 0 atom stereocenters. The average Bonchev–Trinajstić information content (AvgIpc) is 2.91. The van der Waals surface area contributed by atoms with Crippen LogP contribution in [0.2, 0.25) is 0 Å². The maximum Gasteiger partial charge on any atom is 0.252 e. The van der Waals surface area contributed by atoms with Crippen molar-refractivity contribution in [2.24, 2.45) is 0 Å². The lowest BCUT2D eigenvalue weighted by Gasteiger charge is -2.20. The number of carbonyl (C=O) groups excluding carboxylic acids is 2. The quantitative estimate of drug-likeness (QED) is 0.683. The molecule has 120 valence electrons. The minimum Gasteiger partial charge on any atom is -0.380 e. The molecular weight excluding hydrogens is 287 g/mol. The first kappa shape index (κ1) is 16.4. The predicted molar refractivity (Wildman–Crippen MR) is 79.5 cm³/mol. The van der Waals surface area contributed by atoms with Crippen LogP contribution in [0, 0.1) is 5.82 Å². The van der Waals surface area contributed by atoms with Gasteiger partial charge >= 0.3 is 0 Å². The minimum absolute atomic E-state index is 0.0929. The van der Waals surface area contributed by atoms with E-state index >= 15 is 0 Å². The number of amides is 2. The number of halogens is 1. The first-order valence-corrected chi connectivity index (χ1v) is 7.51. The van der Waals surface area contributed by atoms with E-state index in [1.807, 2.05) is 0 Å². The van der Waals surface area contributed by atoms with Crippen molar-refractivity contribution in [2.75, 3.05) is 13.1 Å². The zero-order chi connectivity index (χ0) is 16.0. The molecule has 0 bridgehead atoms. The summed E-state index contributed by atoms with van der Waals surface area (Å²) in [5.41, 5.74) is -0.646. The number of rotatable bonds is 6. The van der Waals surface area contributed by atoms with Gasteiger partial charge in [0.15, 0.2) is 0 Å². The third kappa shape index (κ3) is 4.53. The van der Waals surface area contributed by atoms with Crippen molar-refractivity contribution in [1.29, 1.82) is 0 Å². The summed E-state index contributed by atoms with van der Waals surface area (Å²) < 4.78 is 13.0. The summed E-state index contributed by atoms with van der Waals surface area (Å²) >= 11 is 0. The zero-order valence-electron chi connectivity index (χ0n) is 12.4. The van der Waals surface area contributed by atoms with Gasteiger partial charge in [-0.3, -0.25) is 9.59 Å². The Morgan fingerprint density at radius 1 is 1.18 bits per heavy atom. The Balaban J connectivity index is 1.66. The Morgan fingerprint density at radius 2 is 1.86 bits per heavy atom.